The highest BCUT2D eigenvalue weighted by Crippen LogP contribution is 2.29. The lowest BCUT2D eigenvalue weighted by atomic mass is 10.1. The number of rotatable bonds is 11. The zero-order chi connectivity index (χ0) is 33.6. The Kier molecular flexibility index (Phi) is 10.7. The average Bonchev–Trinajstić information content (AvgIpc) is 3.48. The number of sulfonamides is 1. The molecular formula is C31H37N7O7S. The molecule has 46 heavy (non-hydrogen) atoms. The van der Waals surface area contributed by atoms with Crippen LogP contribution in [0.5, 0.6) is 5.75 Å². The fraction of sp³-hybridized carbons (Fsp3) is 0.323. The highest BCUT2D eigenvalue weighted by atomic mass is 32.2. The van der Waals surface area contributed by atoms with Gasteiger partial charge in [-0.05, 0) is 55.4 Å². The Morgan fingerprint density at radius 2 is 1.78 bits per heavy atom. The third-order valence-corrected chi connectivity index (χ3v) is 9.38. The lowest BCUT2D eigenvalue weighted by Gasteiger charge is -2.26. The van der Waals surface area contributed by atoms with Gasteiger partial charge in [0.05, 0.1) is 62.5 Å². The zero-order valence-corrected chi connectivity index (χ0v) is 27.0. The average molecular weight is 652 g/mol. The molecule has 14 nitrogen and oxygen atoms in total. The van der Waals surface area contributed by atoms with Crippen molar-refractivity contribution in [3.63, 3.8) is 0 Å². The summed E-state index contributed by atoms with van der Waals surface area (Å²) in [7, 11) is 2.04. The molecule has 0 aliphatic carbocycles. The van der Waals surface area contributed by atoms with Crippen LogP contribution in [0.1, 0.15) is 29.3 Å². The quantitative estimate of drug-likeness (QED) is 0.281. The number of anilines is 3. The molecule has 15 heteroatoms. The summed E-state index contributed by atoms with van der Waals surface area (Å²) in [6, 6.07) is 14.0. The Hall–Kier alpha value is -4.86. The number of aryl methyl sites for hydroxylation is 1. The molecule has 0 saturated carbocycles. The molecule has 1 unspecified atom stereocenters. The molecule has 0 fully saturated rings. The van der Waals surface area contributed by atoms with Crippen LogP contribution >= 0.6 is 0 Å². The number of amides is 3. The van der Waals surface area contributed by atoms with E-state index in [9.17, 15) is 27.9 Å². The number of benzene rings is 2. The number of nitrogens with zero attached hydrogens (tertiary/aromatic N) is 5. The van der Waals surface area contributed by atoms with Gasteiger partial charge in [0.1, 0.15) is 5.75 Å². The highest BCUT2D eigenvalue weighted by molar-refractivity contribution is 8.04. The van der Waals surface area contributed by atoms with Crippen LogP contribution in [-0.2, 0) is 26.0 Å². The van der Waals surface area contributed by atoms with E-state index in [1.807, 2.05) is 25.1 Å². The van der Waals surface area contributed by atoms with Gasteiger partial charge >= 0.3 is 12.0 Å². The van der Waals surface area contributed by atoms with E-state index in [-0.39, 0.29) is 36.3 Å². The van der Waals surface area contributed by atoms with Gasteiger partial charge in [0.2, 0.25) is 5.91 Å². The normalized spacial score (nSPS) is 14.0. The van der Waals surface area contributed by atoms with Crippen molar-refractivity contribution in [1.82, 2.24) is 14.2 Å². The number of carboxylic acids is 1. The molecule has 0 saturated heterocycles. The van der Waals surface area contributed by atoms with Gasteiger partial charge in [-0.15, -0.1) is 0 Å². The molecular weight excluding hydrogens is 614 g/mol. The van der Waals surface area contributed by atoms with Gasteiger partial charge in [-0.25, -0.2) is 13.2 Å². The van der Waals surface area contributed by atoms with Gasteiger partial charge in [0, 0.05) is 19.8 Å². The number of ether oxygens (including phenoxy) is 1. The number of para-hydroxylation sites is 1. The van der Waals surface area contributed by atoms with Gasteiger partial charge in [-0.3, -0.25) is 24.5 Å². The predicted octanol–water partition coefficient (Wildman–Crippen LogP) is 3.33. The molecule has 244 valence electrons. The van der Waals surface area contributed by atoms with Crippen LogP contribution in [0.15, 0.2) is 65.8 Å². The first-order chi connectivity index (χ1) is 21.8. The van der Waals surface area contributed by atoms with Crippen molar-refractivity contribution in [1.29, 1.82) is 0 Å². The Balaban J connectivity index is 1.44. The largest absolute Gasteiger partial charge is 0.495 e. The van der Waals surface area contributed by atoms with Crippen molar-refractivity contribution in [2.45, 2.75) is 25.8 Å². The van der Waals surface area contributed by atoms with Crippen molar-refractivity contribution in [3.8, 4) is 5.75 Å². The smallest absolute Gasteiger partial charge is 0.323 e. The fourth-order valence-corrected chi connectivity index (χ4v) is 6.23. The molecule has 2 heterocycles. The molecule has 4 rings (SSSR count). The number of methoxy groups -OCH3 is 1. The maximum Gasteiger partial charge on any atom is 0.323 e. The molecule has 3 aromatic rings. The van der Waals surface area contributed by atoms with Gasteiger partial charge < -0.3 is 25.4 Å². The Morgan fingerprint density at radius 3 is 2.39 bits per heavy atom. The van der Waals surface area contributed by atoms with Crippen molar-refractivity contribution in [3.05, 3.63) is 77.6 Å². The number of aliphatic imine (C=N–C) groups is 1. The molecule has 1 aliphatic rings. The predicted molar refractivity (Wildman–Crippen MR) is 175 cm³/mol. The number of aromatic nitrogens is 1. The highest BCUT2D eigenvalue weighted by Gasteiger charge is 2.36. The second-order valence-electron chi connectivity index (χ2n) is 10.8. The topological polar surface area (TPSA) is 174 Å². The summed E-state index contributed by atoms with van der Waals surface area (Å²) < 4.78 is 32.8. The summed E-state index contributed by atoms with van der Waals surface area (Å²) in [6.45, 7) is 2.25. The number of aliphatic carboxylic acids is 1. The van der Waals surface area contributed by atoms with E-state index in [0.717, 1.165) is 9.87 Å². The second kappa shape index (κ2) is 14.5. The molecule has 1 atom stereocenters. The van der Waals surface area contributed by atoms with Crippen LogP contribution in [-0.4, -0.2) is 92.1 Å². The number of hydrogen-bond acceptors (Lipinski definition) is 9. The number of carboxylic acid groups (broad SMARTS) is 1. The minimum absolute atomic E-state index is 0.00345. The second-order valence-corrected chi connectivity index (χ2v) is 12.8. The van der Waals surface area contributed by atoms with E-state index in [1.165, 1.54) is 31.3 Å². The number of hydrogen-bond donors (Lipinski definition) is 3. The number of pyridine rings is 1. The fourth-order valence-electron chi connectivity index (χ4n) is 4.78. The van der Waals surface area contributed by atoms with E-state index in [4.69, 9.17) is 4.74 Å². The Labute approximate surface area is 267 Å². The Morgan fingerprint density at radius 1 is 1.07 bits per heavy atom. The van der Waals surface area contributed by atoms with Crippen LogP contribution in [0.2, 0.25) is 0 Å². The van der Waals surface area contributed by atoms with Crippen molar-refractivity contribution in [2.75, 3.05) is 57.0 Å². The van der Waals surface area contributed by atoms with Gasteiger partial charge in [-0.1, -0.05) is 24.3 Å². The standard InChI is InChI=1S/C31H37N7O7S/c1-20-8-6-7-9-23(20)34-31(42)35-25-12-10-21(14-27(25)45-5)15-29(39)37(3)22-11-13-24(32-17-22)26(16-30(40)41)38(4)46(43,44)28-18-36(2)19-33-28/h6-14,17,26H,15-16,18-19H2,1-5H3,(H,40,41)(H2,34,35,42). The third-order valence-electron chi connectivity index (χ3n) is 7.51. The minimum Gasteiger partial charge on any atom is -0.495 e. The lowest BCUT2D eigenvalue weighted by Crippen LogP contribution is -2.39. The summed E-state index contributed by atoms with van der Waals surface area (Å²) in [5.74, 6) is -1.10. The van der Waals surface area contributed by atoms with Crippen LogP contribution in [0, 0.1) is 6.92 Å². The van der Waals surface area contributed by atoms with Crippen molar-refractivity contribution >= 4 is 50.0 Å². The minimum atomic E-state index is -4.03. The van der Waals surface area contributed by atoms with E-state index < -0.39 is 34.5 Å². The van der Waals surface area contributed by atoms with Gasteiger partial charge in [0.25, 0.3) is 10.0 Å². The zero-order valence-electron chi connectivity index (χ0n) is 26.2. The first-order valence-corrected chi connectivity index (χ1v) is 15.7. The SMILES string of the molecule is COc1cc(CC(=O)N(C)c2ccc(C(CC(=O)O)N(C)S(=O)(=O)C3=NCN(C)C3)nc2)ccc1NC(=O)Nc1ccccc1C. The van der Waals surface area contributed by atoms with Gasteiger partial charge in [-0.2, -0.15) is 4.31 Å². The molecule has 1 aromatic heterocycles. The summed E-state index contributed by atoms with van der Waals surface area (Å²) >= 11 is 0. The third kappa shape index (κ3) is 8.04. The molecule has 3 amide bonds. The summed E-state index contributed by atoms with van der Waals surface area (Å²) in [4.78, 5) is 48.9. The number of urea groups is 1. The molecule has 0 spiro atoms. The Bertz CT molecular complexity index is 1750. The molecule has 2 aromatic carbocycles. The maximum absolute atomic E-state index is 13.2. The van der Waals surface area contributed by atoms with E-state index in [1.54, 1.807) is 49.3 Å². The first kappa shape index (κ1) is 34.0. The molecule has 0 bridgehead atoms. The van der Waals surface area contributed by atoms with Crippen LogP contribution in [0.3, 0.4) is 0 Å². The number of likely N-dealkylation sites (N-methyl/N-ethyl adjacent to an activating group) is 1. The summed E-state index contributed by atoms with van der Waals surface area (Å²) in [5, 5.41) is 15.0. The number of carbonyl (C=O) groups is 3. The van der Waals surface area contributed by atoms with Crippen molar-refractivity contribution < 1.29 is 32.6 Å². The maximum atomic E-state index is 13.2. The monoisotopic (exact) mass is 651 g/mol. The van der Waals surface area contributed by atoms with Crippen molar-refractivity contribution in [2.24, 2.45) is 4.99 Å². The number of carbonyl (C=O) groups excluding carboxylic acids is 2. The first-order valence-electron chi connectivity index (χ1n) is 14.2. The van der Waals surface area contributed by atoms with E-state index >= 15 is 0 Å². The lowest BCUT2D eigenvalue weighted by molar-refractivity contribution is -0.138. The molecule has 0 radical (unpaired) electrons. The molecule has 3 N–H and O–H groups in total. The van der Waals surface area contributed by atoms with Crippen LogP contribution < -0.4 is 20.3 Å². The van der Waals surface area contributed by atoms with Crippen LogP contribution in [0.4, 0.5) is 21.9 Å². The molecule has 1 aliphatic heterocycles. The summed E-state index contributed by atoms with van der Waals surface area (Å²) in [5.41, 5.74) is 3.28. The van der Waals surface area contributed by atoms with Crippen LogP contribution in [0.25, 0.3) is 0 Å². The van der Waals surface area contributed by atoms with E-state index in [0.29, 0.717) is 28.4 Å². The summed E-state index contributed by atoms with van der Waals surface area (Å²) in [6.07, 6.45) is 0.883. The van der Waals surface area contributed by atoms with E-state index in [2.05, 4.69) is 20.6 Å². The van der Waals surface area contributed by atoms with Gasteiger partial charge in [0.15, 0.2) is 5.04 Å². The number of nitrogens with one attached hydrogen (secondary N) is 2.